The highest BCUT2D eigenvalue weighted by atomic mass is 16.5. The standard InChI is InChI=1S/C24H30N4O4/c1-2-31-19-10-8-18(9-11-19)26-24(30)28-16-12-20(17-28)32-22-21(7-6-13-25-22)23(29)27-14-4-3-5-15-27/h6-11,13,20H,2-5,12,14-17H2,1H3,(H,26,30). The molecule has 0 radical (unpaired) electrons. The zero-order chi connectivity index (χ0) is 22.3. The van der Waals surface area contributed by atoms with E-state index in [-0.39, 0.29) is 18.0 Å². The van der Waals surface area contributed by atoms with Gasteiger partial charge < -0.3 is 24.6 Å². The lowest BCUT2D eigenvalue weighted by atomic mass is 10.1. The number of rotatable bonds is 6. The third-order valence-corrected chi connectivity index (χ3v) is 5.77. The van der Waals surface area contributed by atoms with Gasteiger partial charge in [0.05, 0.1) is 13.2 Å². The predicted molar refractivity (Wildman–Crippen MR) is 121 cm³/mol. The number of piperidine rings is 1. The highest BCUT2D eigenvalue weighted by Crippen LogP contribution is 2.24. The Morgan fingerprint density at radius 3 is 2.59 bits per heavy atom. The van der Waals surface area contributed by atoms with E-state index in [1.807, 2.05) is 36.1 Å². The smallest absolute Gasteiger partial charge is 0.321 e. The fourth-order valence-electron chi connectivity index (χ4n) is 4.09. The van der Waals surface area contributed by atoms with Crippen molar-refractivity contribution in [1.29, 1.82) is 0 Å². The molecule has 1 unspecified atom stereocenters. The van der Waals surface area contributed by atoms with E-state index in [2.05, 4.69) is 10.3 Å². The molecule has 170 valence electrons. The summed E-state index contributed by atoms with van der Waals surface area (Å²) in [6, 6.07) is 10.7. The molecule has 1 N–H and O–H groups in total. The maximum atomic E-state index is 13.0. The molecule has 0 aliphatic carbocycles. The predicted octanol–water partition coefficient (Wildman–Crippen LogP) is 3.79. The van der Waals surface area contributed by atoms with Gasteiger partial charge in [0.1, 0.15) is 17.4 Å². The fraction of sp³-hybridized carbons (Fsp3) is 0.458. The maximum absolute atomic E-state index is 13.0. The summed E-state index contributed by atoms with van der Waals surface area (Å²) in [6.07, 6.45) is 5.34. The van der Waals surface area contributed by atoms with Gasteiger partial charge in [0.15, 0.2) is 0 Å². The number of pyridine rings is 1. The Bertz CT molecular complexity index is 928. The Morgan fingerprint density at radius 2 is 1.84 bits per heavy atom. The van der Waals surface area contributed by atoms with Crippen molar-refractivity contribution in [2.75, 3.05) is 38.1 Å². The molecule has 8 nitrogen and oxygen atoms in total. The topological polar surface area (TPSA) is 84.0 Å². The minimum absolute atomic E-state index is 0.0316. The molecule has 0 spiro atoms. The van der Waals surface area contributed by atoms with Crippen molar-refractivity contribution in [1.82, 2.24) is 14.8 Å². The number of likely N-dealkylation sites (tertiary alicyclic amines) is 2. The molecule has 8 heteroatoms. The second-order valence-corrected chi connectivity index (χ2v) is 8.07. The molecule has 2 fully saturated rings. The van der Waals surface area contributed by atoms with Crippen molar-refractivity contribution in [3.8, 4) is 11.6 Å². The van der Waals surface area contributed by atoms with E-state index in [0.29, 0.717) is 43.2 Å². The second-order valence-electron chi connectivity index (χ2n) is 8.07. The summed E-state index contributed by atoms with van der Waals surface area (Å²) in [5.41, 5.74) is 1.20. The number of anilines is 1. The number of carbonyl (C=O) groups excluding carboxylic acids is 2. The number of nitrogens with one attached hydrogen (secondary N) is 1. The van der Waals surface area contributed by atoms with Crippen LogP contribution in [0.2, 0.25) is 0 Å². The molecule has 0 bridgehead atoms. The van der Waals surface area contributed by atoms with Crippen LogP contribution in [0, 0.1) is 0 Å². The largest absolute Gasteiger partial charge is 0.494 e. The lowest BCUT2D eigenvalue weighted by Crippen LogP contribution is -2.36. The Morgan fingerprint density at radius 1 is 1.06 bits per heavy atom. The zero-order valence-corrected chi connectivity index (χ0v) is 18.5. The van der Waals surface area contributed by atoms with Gasteiger partial charge in [-0.1, -0.05) is 0 Å². The summed E-state index contributed by atoms with van der Waals surface area (Å²) < 4.78 is 11.5. The van der Waals surface area contributed by atoms with Crippen molar-refractivity contribution >= 4 is 17.6 Å². The molecule has 2 aromatic rings. The summed E-state index contributed by atoms with van der Waals surface area (Å²) in [6.45, 7) is 5.10. The number of carbonyl (C=O) groups is 2. The third-order valence-electron chi connectivity index (χ3n) is 5.77. The van der Waals surface area contributed by atoms with Crippen LogP contribution in [0.15, 0.2) is 42.6 Å². The number of amides is 3. The fourth-order valence-corrected chi connectivity index (χ4v) is 4.09. The van der Waals surface area contributed by atoms with Crippen LogP contribution in [0.1, 0.15) is 43.0 Å². The van der Waals surface area contributed by atoms with E-state index < -0.39 is 0 Å². The molecular formula is C24H30N4O4. The molecule has 1 aromatic carbocycles. The van der Waals surface area contributed by atoms with Crippen LogP contribution in [-0.2, 0) is 0 Å². The van der Waals surface area contributed by atoms with E-state index in [9.17, 15) is 9.59 Å². The molecule has 2 aliphatic rings. The first-order valence-corrected chi connectivity index (χ1v) is 11.3. The second kappa shape index (κ2) is 10.3. The summed E-state index contributed by atoms with van der Waals surface area (Å²) in [5.74, 6) is 1.09. The monoisotopic (exact) mass is 438 g/mol. The van der Waals surface area contributed by atoms with Gasteiger partial charge in [-0.15, -0.1) is 0 Å². The number of aromatic nitrogens is 1. The van der Waals surface area contributed by atoms with E-state index in [4.69, 9.17) is 9.47 Å². The van der Waals surface area contributed by atoms with Crippen molar-refractivity contribution in [2.45, 2.75) is 38.7 Å². The molecule has 3 amide bonds. The molecule has 2 aliphatic heterocycles. The van der Waals surface area contributed by atoms with Gasteiger partial charge in [-0.2, -0.15) is 0 Å². The van der Waals surface area contributed by atoms with Crippen molar-refractivity contribution in [3.63, 3.8) is 0 Å². The highest BCUT2D eigenvalue weighted by Gasteiger charge is 2.30. The van der Waals surface area contributed by atoms with Gasteiger partial charge in [-0.25, -0.2) is 9.78 Å². The van der Waals surface area contributed by atoms with Gasteiger partial charge in [0, 0.05) is 37.9 Å². The van der Waals surface area contributed by atoms with E-state index >= 15 is 0 Å². The first kappa shape index (κ1) is 21.9. The first-order valence-electron chi connectivity index (χ1n) is 11.3. The minimum atomic E-state index is -0.205. The Kier molecular flexibility index (Phi) is 7.09. The summed E-state index contributed by atoms with van der Waals surface area (Å²) in [5, 5.41) is 2.91. The summed E-state index contributed by atoms with van der Waals surface area (Å²) >= 11 is 0. The van der Waals surface area contributed by atoms with Gasteiger partial charge in [0.2, 0.25) is 5.88 Å². The van der Waals surface area contributed by atoms with Crippen LogP contribution >= 0.6 is 0 Å². The minimum Gasteiger partial charge on any atom is -0.494 e. The molecule has 1 aromatic heterocycles. The lowest BCUT2D eigenvalue weighted by molar-refractivity contribution is 0.0715. The molecule has 0 saturated carbocycles. The van der Waals surface area contributed by atoms with Crippen LogP contribution in [0.5, 0.6) is 11.6 Å². The maximum Gasteiger partial charge on any atom is 0.321 e. The van der Waals surface area contributed by atoms with Crippen LogP contribution in [-0.4, -0.2) is 65.6 Å². The summed E-state index contributed by atoms with van der Waals surface area (Å²) in [4.78, 5) is 33.5. The molecular weight excluding hydrogens is 408 g/mol. The van der Waals surface area contributed by atoms with Crippen molar-refractivity contribution < 1.29 is 19.1 Å². The molecule has 3 heterocycles. The van der Waals surface area contributed by atoms with Crippen LogP contribution in [0.3, 0.4) is 0 Å². The van der Waals surface area contributed by atoms with Gasteiger partial charge >= 0.3 is 6.03 Å². The highest BCUT2D eigenvalue weighted by molar-refractivity contribution is 5.96. The van der Waals surface area contributed by atoms with Crippen molar-refractivity contribution in [2.24, 2.45) is 0 Å². The number of hydrogen-bond donors (Lipinski definition) is 1. The third kappa shape index (κ3) is 5.30. The number of ether oxygens (including phenoxy) is 2. The molecule has 2 saturated heterocycles. The average Bonchev–Trinajstić information content (AvgIpc) is 3.30. The SMILES string of the molecule is CCOc1ccc(NC(=O)N2CCC(Oc3ncccc3C(=O)N3CCCCC3)C2)cc1. The van der Waals surface area contributed by atoms with Gasteiger partial charge in [-0.3, -0.25) is 4.79 Å². The zero-order valence-electron chi connectivity index (χ0n) is 18.5. The number of hydrogen-bond acceptors (Lipinski definition) is 5. The van der Waals surface area contributed by atoms with E-state index in [0.717, 1.165) is 38.1 Å². The quantitative estimate of drug-likeness (QED) is 0.742. The Labute approximate surface area is 188 Å². The van der Waals surface area contributed by atoms with Crippen LogP contribution < -0.4 is 14.8 Å². The first-order chi connectivity index (χ1) is 15.6. The lowest BCUT2D eigenvalue weighted by Gasteiger charge is -2.27. The van der Waals surface area contributed by atoms with Crippen LogP contribution in [0.25, 0.3) is 0 Å². The number of benzene rings is 1. The van der Waals surface area contributed by atoms with E-state index in [1.165, 1.54) is 0 Å². The average molecular weight is 439 g/mol. The number of urea groups is 1. The van der Waals surface area contributed by atoms with Gasteiger partial charge in [-0.05, 0) is 62.6 Å². The Balaban J connectivity index is 1.34. The van der Waals surface area contributed by atoms with Gasteiger partial charge in [0.25, 0.3) is 5.91 Å². The Hall–Kier alpha value is -3.29. The van der Waals surface area contributed by atoms with Crippen molar-refractivity contribution in [3.05, 3.63) is 48.2 Å². The number of nitrogens with zero attached hydrogens (tertiary/aromatic N) is 3. The van der Waals surface area contributed by atoms with E-state index in [1.54, 1.807) is 23.2 Å². The molecule has 32 heavy (non-hydrogen) atoms. The molecule has 1 atom stereocenters. The van der Waals surface area contributed by atoms with Crippen LogP contribution in [0.4, 0.5) is 10.5 Å². The molecule has 4 rings (SSSR count). The summed E-state index contributed by atoms with van der Waals surface area (Å²) in [7, 11) is 0. The normalized spacial score (nSPS) is 18.3.